The lowest BCUT2D eigenvalue weighted by Gasteiger charge is -2.30. The molecule has 7 heteroatoms. The van der Waals surface area contributed by atoms with Crippen molar-refractivity contribution in [2.24, 2.45) is 0 Å². The summed E-state index contributed by atoms with van der Waals surface area (Å²) >= 11 is 0. The molecule has 2 unspecified atom stereocenters. The molecule has 1 amide bonds. The molecule has 2 rings (SSSR count). The lowest BCUT2D eigenvalue weighted by Crippen LogP contribution is -2.50. The number of halogens is 2. The molecule has 0 aliphatic carbocycles. The van der Waals surface area contributed by atoms with E-state index in [0.717, 1.165) is 12.6 Å². The van der Waals surface area contributed by atoms with Crippen LogP contribution in [-0.2, 0) is 15.1 Å². The summed E-state index contributed by atoms with van der Waals surface area (Å²) in [4.78, 5) is 14.0. The first-order chi connectivity index (χ1) is 10.3. The minimum Gasteiger partial charge on any atom is -0.383 e. The van der Waals surface area contributed by atoms with E-state index >= 15 is 0 Å². The molecule has 0 spiro atoms. The van der Waals surface area contributed by atoms with E-state index < -0.39 is 23.3 Å². The molecule has 22 heavy (non-hydrogen) atoms. The van der Waals surface area contributed by atoms with Gasteiger partial charge in [0.15, 0.2) is 0 Å². The van der Waals surface area contributed by atoms with Gasteiger partial charge in [0.05, 0.1) is 13.2 Å². The Balaban J connectivity index is 1.98. The second kappa shape index (κ2) is 6.68. The fourth-order valence-electron chi connectivity index (χ4n) is 2.33. The number of morpholine rings is 1. The van der Waals surface area contributed by atoms with Crippen LogP contribution in [0.2, 0.25) is 0 Å². The number of likely N-dealkylation sites (N-methyl/N-ethyl adjacent to an activating group) is 1. The number of ether oxygens (including phenoxy) is 1. The Hall–Kier alpha value is -1.57. The lowest BCUT2D eigenvalue weighted by atomic mass is 9.95. The van der Waals surface area contributed by atoms with Crippen molar-refractivity contribution in [3.8, 4) is 0 Å². The third-order valence-corrected chi connectivity index (χ3v) is 3.68. The van der Waals surface area contributed by atoms with E-state index in [1.54, 1.807) is 0 Å². The molecule has 0 bridgehead atoms. The average molecular weight is 314 g/mol. The number of nitrogens with one attached hydrogen (secondary N) is 1. The molecule has 1 aromatic carbocycles. The monoisotopic (exact) mass is 314 g/mol. The van der Waals surface area contributed by atoms with Crippen LogP contribution < -0.4 is 5.32 Å². The SMILES string of the molecule is CN1CCOC(C(=O)NCC(C)(O)c2ccc(F)cc2F)C1. The van der Waals surface area contributed by atoms with Crippen LogP contribution in [0, 0.1) is 11.6 Å². The molecule has 5 nitrogen and oxygen atoms in total. The van der Waals surface area contributed by atoms with Crippen LogP contribution in [0.1, 0.15) is 12.5 Å². The van der Waals surface area contributed by atoms with Crippen molar-refractivity contribution in [1.29, 1.82) is 0 Å². The summed E-state index contributed by atoms with van der Waals surface area (Å²) < 4.78 is 32.0. The highest BCUT2D eigenvalue weighted by Crippen LogP contribution is 2.23. The lowest BCUT2D eigenvalue weighted by molar-refractivity contribution is -0.139. The molecule has 2 N–H and O–H groups in total. The first-order valence-electron chi connectivity index (χ1n) is 7.05. The molecule has 1 fully saturated rings. The summed E-state index contributed by atoms with van der Waals surface area (Å²) in [5.41, 5.74) is -1.72. The Bertz CT molecular complexity index is 552. The summed E-state index contributed by atoms with van der Waals surface area (Å²) in [6.45, 7) is 2.83. The summed E-state index contributed by atoms with van der Waals surface area (Å²) in [6, 6.07) is 2.93. The van der Waals surface area contributed by atoms with E-state index in [1.807, 2.05) is 11.9 Å². The molecular formula is C15H20F2N2O3. The molecule has 1 aliphatic heterocycles. The Morgan fingerprint density at radius 1 is 1.55 bits per heavy atom. The van der Waals surface area contributed by atoms with Gasteiger partial charge in [-0.15, -0.1) is 0 Å². The van der Waals surface area contributed by atoms with Crippen LogP contribution in [0.25, 0.3) is 0 Å². The highest BCUT2D eigenvalue weighted by molar-refractivity contribution is 5.81. The molecule has 122 valence electrons. The molecule has 2 atom stereocenters. The first-order valence-corrected chi connectivity index (χ1v) is 7.05. The zero-order valence-electron chi connectivity index (χ0n) is 12.6. The van der Waals surface area contributed by atoms with Crippen molar-refractivity contribution in [3.05, 3.63) is 35.4 Å². The number of carbonyl (C=O) groups excluding carboxylic acids is 1. The maximum atomic E-state index is 13.7. The second-order valence-electron chi connectivity index (χ2n) is 5.74. The maximum absolute atomic E-state index is 13.7. The Kier molecular flexibility index (Phi) is 5.10. The number of aliphatic hydroxyl groups is 1. The van der Waals surface area contributed by atoms with Crippen molar-refractivity contribution in [2.45, 2.75) is 18.6 Å². The quantitative estimate of drug-likeness (QED) is 0.855. The van der Waals surface area contributed by atoms with Gasteiger partial charge in [0.2, 0.25) is 0 Å². The number of carbonyl (C=O) groups is 1. The topological polar surface area (TPSA) is 61.8 Å². The van der Waals surface area contributed by atoms with Crippen LogP contribution in [0.5, 0.6) is 0 Å². The molecular weight excluding hydrogens is 294 g/mol. The molecule has 0 aromatic heterocycles. The number of hydrogen-bond acceptors (Lipinski definition) is 4. The third kappa shape index (κ3) is 4.00. The minimum absolute atomic E-state index is 0.0733. The Labute approximate surface area is 127 Å². The molecule has 0 saturated carbocycles. The zero-order valence-corrected chi connectivity index (χ0v) is 12.6. The van der Waals surface area contributed by atoms with Crippen molar-refractivity contribution in [1.82, 2.24) is 10.2 Å². The number of amides is 1. The number of rotatable bonds is 4. The Morgan fingerprint density at radius 2 is 2.27 bits per heavy atom. The van der Waals surface area contributed by atoms with E-state index in [1.165, 1.54) is 13.0 Å². The van der Waals surface area contributed by atoms with Crippen molar-refractivity contribution >= 4 is 5.91 Å². The van der Waals surface area contributed by atoms with Gasteiger partial charge in [0.25, 0.3) is 5.91 Å². The van der Waals surface area contributed by atoms with Crippen LogP contribution >= 0.6 is 0 Å². The largest absolute Gasteiger partial charge is 0.383 e. The van der Waals surface area contributed by atoms with E-state index in [2.05, 4.69) is 5.32 Å². The van der Waals surface area contributed by atoms with Gasteiger partial charge in [-0.1, -0.05) is 6.07 Å². The molecule has 1 aromatic rings. The molecule has 1 saturated heterocycles. The van der Waals surface area contributed by atoms with E-state index in [-0.39, 0.29) is 18.0 Å². The first kappa shape index (κ1) is 16.8. The standard InChI is InChI=1S/C15H20F2N2O3/c1-15(21,11-4-3-10(16)7-12(11)17)9-18-14(20)13-8-19(2)5-6-22-13/h3-4,7,13,21H,5-6,8-9H2,1-2H3,(H,18,20). The van der Waals surface area contributed by atoms with Crippen molar-refractivity contribution in [3.63, 3.8) is 0 Å². The number of hydrogen-bond donors (Lipinski definition) is 2. The van der Waals surface area contributed by atoms with Gasteiger partial charge in [-0.2, -0.15) is 0 Å². The van der Waals surface area contributed by atoms with Crippen molar-refractivity contribution in [2.75, 3.05) is 33.3 Å². The van der Waals surface area contributed by atoms with Gasteiger partial charge in [-0.25, -0.2) is 8.78 Å². The van der Waals surface area contributed by atoms with Gasteiger partial charge in [-0.3, -0.25) is 4.79 Å². The van der Waals surface area contributed by atoms with E-state index in [4.69, 9.17) is 4.74 Å². The van der Waals surface area contributed by atoms with Crippen LogP contribution in [0.4, 0.5) is 8.78 Å². The van der Waals surface area contributed by atoms with E-state index in [9.17, 15) is 18.7 Å². The molecule has 1 heterocycles. The predicted molar refractivity (Wildman–Crippen MR) is 76.2 cm³/mol. The zero-order chi connectivity index (χ0) is 16.3. The summed E-state index contributed by atoms with van der Waals surface area (Å²) in [6.07, 6.45) is -0.618. The Morgan fingerprint density at radius 3 is 2.91 bits per heavy atom. The normalized spacial score (nSPS) is 22.1. The van der Waals surface area contributed by atoms with Gasteiger partial charge in [0, 0.05) is 24.7 Å². The van der Waals surface area contributed by atoms with Gasteiger partial charge >= 0.3 is 0 Å². The molecule has 0 radical (unpaired) electrons. The summed E-state index contributed by atoms with van der Waals surface area (Å²) in [7, 11) is 1.88. The fraction of sp³-hybridized carbons (Fsp3) is 0.533. The van der Waals surface area contributed by atoms with E-state index in [0.29, 0.717) is 19.2 Å². The van der Waals surface area contributed by atoms with Crippen LogP contribution in [0.15, 0.2) is 18.2 Å². The average Bonchev–Trinajstić information content (AvgIpc) is 2.44. The maximum Gasteiger partial charge on any atom is 0.250 e. The van der Waals surface area contributed by atoms with Gasteiger partial charge in [0.1, 0.15) is 23.3 Å². The fourth-order valence-corrected chi connectivity index (χ4v) is 2.33. The summed E-state index contributed by atoms with van der Waals surface area (Å²) in [5, 5.41) is 12.9. The number of benzene rings is 1. The smallest absolute Gasteiger partial charge is 0.250 e. The van der Waals surface area contributed by atoms with Crippen molar-refractivity contribution < 1.29 is 23.4 Å². The van der Waals surface area contributed by atoms with Crippen LogP contribution in [-0.4, -0.2) is 55.3 Å². The predicted octanol–water partition coefficient (Wildman–Crippen LogP) is 0.619. The highest BCUT2D eigenvalue weighted by atomic mass is 19.1. The third-order valence-electron chi connectivity index (χ3n) is 3.68. The van der Waals surface area contributed by atoms with Gasteiger partial charge in [-0.05, 0) is 20.0 Å². The minimum atomic E-state index is -1.64. The second-order valence-corrected chi connectivity index (χ2v) is 5.74. The van der Waals surface area contributed by atoms with Gasteiger partial charge < -0.3 is 20.1 Å². The highest BCUT2D eigenvalue weighted by Gasteiger charge is 2.30. The molecule has 1 aliphatic rings. The van der Waals surface area contributed by atoms with Crippen LogP contribution in [0.3, 0.4) is 0 Å². The number of nitrogens with zero attached hydrogens (tertiary/aromatic N) is 1. The summed E-state index contributed by atoms with van der Waals surface area (Å²) in [5.74, 6) is -1.94.